The fourth-order valence-corrected chi connectivity index (χ4v) is 0. The first kappa shape index (κ1) is 9.60. The maximum atomic E-state index is 5.03. The fourth-order valence-electron chi connectivity index (χ4n) is 0. The Bertz CT molecular complexity index is 44.0. The summed E-state index contributed by atoms with van der Waals surface area (Å²) in [5.74, 6) is 0. The van der Waals surface area contributed by atoms with Crippen molar-refractivity contribution in [3.8, 4) is 0 Å². The molecular formula is C5H14N2. The van der Waals surface area contributed by atoms with Gasteiger partial charge in [0.05, 0.1) is 0 Å². The molecule has 7 heavy (non-hydrogen) atoms. The molecule has 0 fully saturated rings. The van der Waals surface area contributed by atoms with Crippen LogP contribution in [0.15, 0.2) is 11.9 Å². The molecule has 0 atom stereocenters. The molecule has 0 aromatic carbocycles. The summed E-state index contributed by atoms with van der Waals surface area (Å²) in [5, 5.41) is 0. The van der Waals surface area contributed by atoms with Crippen molar-refractivity contribution in [1.82, 2.24) is 0 Å². The molecule has 0 aromatic rings. The normalized spacial score (nSPS) is 9.29. The van der Waals surface area contributed by atoms with Crippen LogP contribution in [0.3, 0.4) is 0 Å². The topological polar surface area (TPSA) is 52.0 Å². The number of rotatable bonds is 0. The van der Waals surface area contributed by atoms with Crippen molar-refractivity contribution in [2.45, 2.75) is 20.8 Å². The predicted molar refractivity (Wildman–Crippen MR) is 33.5 cm³/mol. The standard InChI is InChI=1S/C3H8N2.C2H6/c1-3(5)2-4;1-2/h2H,4-5H2,1H3;1-2H3/b3-2-;. The van der Waals surface area contributed by atoms with E-state index in [4.69, 9.17) is 11.5 Å². The first-order chi connectivity index (χ1) is 3.27. The smallest absolute Gasteiger partial charge is 0.0206 e. The molecule has 4 N–H and O–H groups in total. The first-order valence-corrected chi connectivity index (χ1v) is 2.41. The summed E-state index contributed by atoms with van der Waals surface area (Å²) >= 11 is 0. The van der Waals surface area contributed by atoms with Crippen molar-refractivity contribution >= 4 is 0 Å². The van der Waals surface area contributed by atoms with Gasteiger partial charge < -0.3 is 11.5 Å². The molecule has 2 heteroatoms. The number of nitrogens with two attached hydrogens (primary N) is 2. The van der Waals surface area contributed by atoms with Crippen LogP contribution >= 0.6 is 0 Å². The fraction of sp³-hybridized carbons (Fsp3) is 0.600. The summed E-state index contributed by atoms with van der Waals surface area (Å²) in [5.41, 5.74) is 10.6. The molecule has 0 aliphatic rings. The molecule has 0 aromatic heterocycles. The zero-order valence-corrected chi connectivity index (χ0v) is 5.23. The van der Waals surface area contributed by atoms with Gasteiger partial charge in [0, 0.05) is 11.9 Å². The van der Waals surface area contributed by atoms with E-state index in [9.17, 15) is 0 Å². The Labute approximate surface area is 45.2 Å². The van der Waals surface area contributed by atoms with Crippen LogP contribution in [0.2, 0.25) is 0 Å². The summed E-state index contributed by atoms with van der Waals surface area (Å²) in [6, 6.07) is 0. The Hall–Kier alpha value is -0.660. The van der Waals surface area contributed by atoms with E-state index in [1.807, 2.05) is 13.8 Å². The van der Waals surface area contributed by atoms with Gasteiger partial charge in [-0.25, -0.2) is 0 Å². The summed E-state index contributed by atoms with van der Waals surface area (Å²) in [7, 11) is 0. The van der Waals surface area contributed by atoms with E-state index in [2.05, 4.69) is 0 Å². The van der Waals surface area contributed by atoms with Crippen LogP contribution in [0.1, 0.15) is 20.8 Å². The molecular weight excluding hydrogens is 88.1 g/mol. The van der Waals surface area contributed by atoms with Gasteiger partial charge in [-0.1, -0.05) is 13.8 Å². The zero-order valence-electron chi connectivity index (χ0n) is 5.23. The Kier molecular flexibility index (Phi) is 12.4. The van der Waals surface area contributed by atoms with Crippen molar-refractivity contribution in [1.29, 1.82) is 0 Å². The van der Waals surface area contributed by atoms with Gasteiger partial charge in [0.1, 0.15) is 0 Å². The average Bonchev–Trinajstić information content (AvgIpc) is 1.73. The van der Waals surface area contributed by atoms with E-state index in [1.54, 1.807) is 6.92 Å². The van der Waals surface area contributed by atoms with Crippen molar-refractivity contribution in [2.24, 2.45) is 11.5 Å². The quantitative estimate of drug-likeness (QED) is 0.475. The lowest BCUT2D eigenvalue weighted by Gasteiger charge is -1.76. The molecule has 44 valence electrons. The van der Waals surface area contributed by atoms with Crippen LogP contribution < -0.4 is 11.5 Å². The highest BCUT2D eigenvalue weighted by Crippen LogP contribution is 1.65. The van der Waals surface area contributed by atoms with Crippen molar-refractivity contribution in [3.05, 3.63) is 11.9 Å². The van der Waals surface area contributed by atoms with Crippen LogP contribution in [0.5, 0.6) is 0 Å². The molecule has 0 bridgehead atoms. The van der Waals surface area contributed by atoms with Crippen molar-refractivity contribution < 1.29 is 0 Å². The number of allylic oxidation sites excluding steroid dienone is 1. The minimum absolute atomic E-state index is 0.657. The lowest BCUT2D eigenvalue weighted by atomic mass is 10.6. The molecule has 2 nitrogen and oxygen atoms in total. The second kappa shape index (κ2) is 9.02. The third-order valence-corrected chi connectivity index (χ3v) is 0.263. The van der Waals surface area contributed by atoms with E-state index in [-0.39, 0.29) is 0 Å². The average molecular weight is 102 g/mol. The van der Waals surface area contributed by atoms with Gasteiger partial charge in [0.15, 0.2) is 0 Å². The third-order valence-electron chi connectivity index (χ3n) is 0.263. The Balaban J connectivity index is 0. The lowest BCUT2D eigenvalue weighted by Crippen LogP contribution is -1.93. The van der Waals surface area contributed by atoms with Gasteiger partial charge in [-0.05, 0) is 6.92 Å². The molecule has 0 radical (unpaired) electrons. The molecule has 0 unspecified atom stereocenters. The Morgan fingerprint density at radius 2 is 1.57 bits per heavy atom. The van der Waals surface area contributed by atoms with Gasteiger partial charge in [-0.15, -0.1) is 0 Å². The molecule has 0 saturated carbocycles. The highest BCUT2D eigenvalue weighted by Gasteiger charge is 1.60. The van der Waals surface area contributed by atoms with Gasteiger partial charge in [-0.3, -0.25) is 0 Å². The largest absolute Gasteiger partial charge is 0.403 e. The first-order valence-electron chi connectivity index (χ1n) is 2.41. The Morgan fingerprint density at radius 1 is 1.43 bits per heavy atom. The molecule has 0 spiro atoms. The molecule has 0 saturated heterocycles. The second-order valence-corrected chi connectivity index (χ2v) is 0.911. The minimum atomic E-state index is 0.657. The maximum absolute atomic E-state index is 5.03. The van der Waals surface area contributed by atoms with Gasteiger partial charge in [0.2, 0.25) is 0 Å². The van der Waals surface area contributed by atoms with Crippen LogP contribution in [0.4, 0.5) is 0 Å². The van der Waals surface area contributed by atoms with Crippen LogP contribution in [0.25, 0.3) is 0 Å². The van der Waals surface area contributed by atoms with Crippen LogP contribution in [-0.4, -0.2) is 0 Å². The van der Waals surface area contributed by atoms with Crippen molar-refractivity contribution in [2.75, 3.05) is 0 Å². The summed E-state index contributed by atoms with van der Waals surface area (Å²) in [6.45, 7) is 5.74. The van der Waals surface area contributed by atoms with Gasteiger partial charge in [-0.2, -0.15) is 0 Å². The van der Waals surface area contributed by atoms with E-state index in [0.717, 1.165) is 0 Å². The van der Waals surface area contributed by atoms with Crippen LogP contribution in [0, 0.1) is 0 Å². The molecule has 0 heterocycles. The second-order valence-electron chi connectivity index (χ2n) is 0.911. The zero-order chi connectivity index (χ0) is 6.28. The summed E-state index contributed by atoms with van der Waals surface area (Å²) < 4.78 is 0. The van der Waals surface area contributed by atoms with Gasteiger partial charge >= 0.3 is 0 Å². The molecule has 0 aliphatic carbocycles. The van der Waals surface area contributed by atoms with Crippen molar-refractivity contribution in [3.63, 3.8) is 0 Å². The summed E-state index contributed by atoms with van der Waals surface area (Å²) in [6.07, 6.45) is 1.36. The number of hydrogen-bond donors (Lipinski definition) is 2. The minimum Gasteiger partial charge on any atom is -0.403 e. The highest BCUT2D eigenvalue weighted by atomic mass is 14.6. The van der Waals surface area contributed by atoms with E-state index >= 15 is 0 Å². The van der Waals surface area contributed by atoms with E-state index < -0.39 is 0 Å². The van der Waals surface area contributed by atoms with E-state index in [0.29, 0.717) is 5.70 Å². The van der Waals surface area contributed by atoms with Gasteiger partial charge in [0.25, 0.3) is 0 Å². The van der Waals surface area contributed by atoms with E-state index in [1.165, 1.54) is 6.20 Å². The number of hydrogen-bond acceptors (Lipinski definition) is 2. The molecule has 0 amide bonds. The summed E-state index contributed by atoms with van der Waals surface area (Å²) in [4.78, 5) is 0. The van der Waals surface area contributed by atoms with Crippen LogP contribution in [-0.2, 0) is 0 Å². The Morgan fingerprint density at radius 3 is 1.57 bits per heavy atom. The monoisotopic (exact) mass is 102 g/mol. The molecule has 0 rings (SSSR count). The lowest BCUT2D eigenvalue weighted by molar-refractivity contribution is 1.28. The third kappa shape index (κ3) is 33.2. The highest BCUT2D eigenvalue weighted by molar-refractivity contribution is 4.85. The maximum Gasteiger partial charge on any atom is 0.0206 e. The SMILES string of the molecule is C/C(N)=C/N.CC. The predicted octanol–water partition coefficient (Wildman–Crippen LogP) is 0.791. The molecule has 0 aliphatic heterocycles.